The Labute approximate surface area is 154 Å². The molecular formula is C21H25N3O2. The van der Waals surface area contributed by atoms with Crippen molar-refractivity contribution in [2.45, 2.75) is 19.4 Å². The Bertz CT molecular complexity index is 774. The van der Waals surface area contributed by atoms with Gasteiger partial charge < -0.3 is 14.7 Å². The molecule has 2 aromatic carbocycles. The maximum Gasteiger partial charge on any atom is 0.254 e. The fraction of sp³-hybridized carbons (Fsp3) is 0.333. The maximum atomic E-state index is 12.8. The summed E-state index contributed by atoms with van der Waals surface area (Å²) in [5, 5.41) is 0. The van der Waals surface area contributed by atoms with Crippen LogP contribution in [0.25, 0.3) is 0 Å². The normalized spacial score (nSPS) is 16.7. The molecule has 2 aromatic rings. The molecule has 0 unspecified atom stereocenters. The average molecular weight is 351 g/mol. The maximum absolute atomic E-state index is 12.8. The van der Waals surface area contributed by atoms with Crippen LogP contribution in [0.1, 0.15) is 23.7 Å². The van der Waals surface area contributed by atoms with Crippen molar-refractivity contribution < 1.29 is 9.59 Å². The van der Waals surface area contributed by atoms with E-state index in [1.165, 1.54) is 0 Å². The van der Waals surface area contributed by atoms with Crippen molar-refractivity contribution in [1.82, 2.24) is 4.90 Å². The smallest absolute Gasteiger partial charge is 0.254 e. The molecule has 5 nitrogen and oxygen atoms in total. The van der Waals surface area contributed by atoms with Gasteiger partial charge in [0.05, 0.1) is 0 Å². The molecule has 0 saturated carbocycles. The minimum Gasteiger partial charge on any atom is -0.375 e. The summed E-state index contributed by atoms with van der Waals surface area (Å²) in [5.74, 6) is -0.140. The predicted octanol–water partition coefficient (Wildman–Crippen LogP) is 3.02. The quantitative estimate of drug-likeness (QED) is 0.832. The number of amides is 2. The summed E-state index contributed by atoms with van der Waals surface area (Å²) in [6.45, 7) is 3.61. The standard InChI is InChI=1S/C21H25N3O2/c1-4-22(2)17-12-10-16(11-13-17)20(25)23(3)19-14-15-24(21(19)26)18-8-6-5-7-9-18/h5-13,19H,4,14-15H2,1-3H3/t19-/m0/s1. The molecule has 1 saturated heterocycles. The van der Waals surface area contributed by atoms with Crippen molar-refractivity contribution in [2.75, 3.05) is 37.0 Å². The monoisotopic (exact) mass is 351 g/mol. The SMILES string of the molecule is CCN(C)c1ccc(C(=O)N(C)[C@H]2CCN(c3ccccc3)C2=O)cc1. The summed E-state index contributed by atoms with van der Waals surface area (Å²) in [4.78, 5) is 31.0. The Morgan fingerprint density at radius 1 is 1.08 bits per heavy atom. The van der Waals surface area contributed by atoms with Crippen molar-refractivity contribution in [2.24, 2.45) is 0 Å². The van der Waals surface area contributed by atoms with E-state index in [2.05, 4.69) is 11.8 Å². The van der Waals surface area contributed by atoms with Crippen LogP contribution in [-0.2, 0) is 4.79 Å². The molecule has 0 aromatic heterocycles. The van der Waals surface area contributed by atoms with Crippen molar-refractivity contribution in [3.05, 3.63) is 60.2 Å². The van der Waals surface area contributed by atoms with Crippen molar-refractivity contribution in [3.8, 4) is 0 Å². The lowest BCUT2D eigenvalue weighted by molar-refractivity contribution is -0.120. The molecule has 1 aliphatic heterocycles. The first-order valence-electron chi connectivity index (χ1n) is 8.97. The van der Waals surface area contributed by atoms with Gasteiger partial charge in [-0.25, -0.2) is 0 Å². The van der Waals surface area contributed by atoms with Gasteiger partial charge in [0.1, 0.15) is 6.04 Å². The molecule has 0 N–H and O–H groups in total. The molecule has 5 heteroatoms. The van der Waals surface area contributed by atoms with E-state index in [4.69, 9.17) is 0 Å². The molecule has 0 bridgehead atoms. The van der Waals surface area contributed by atoms with E-state index in [0.717, 1.165) is 17.9 Å². The first-order chi connectivity index (χ1) is 12.5. The zero-order valence-corrected chi connectivity index (χ0v) is 15.6. The zero-order valence-electron chi connectivity index (χ0n) is 15.6. The second-order valence-electron chi connectivity index (χ2n) is 6.61. The number of nitrogens with zero attached hydrogens (tertiary/aromatic N) is 3. The fourth-order valence-electron chi connectivity index (χ4n) is 3.27. The van der Waals surface area contributed by atoms with E-state index < -0.39 is 6.04 Å². The van der Waals surface area contributed by atoms with Gasteiger partial charge in [-0.15, -0.1) is 0 Å². The third kappa shape index (κ3) is 3.43. The van der Waals surface area contributed by atoms with Crippen LogP contribution in [-0.4, -0.2) is 49.9 Å². The highest BCUT2D eigenvalue weighted by Gasteiger charge is 2.37. The Balaban J connectivity index is 1.72. The van der Waals surface area contributed by atoms with Crippen LogP contribution in [0.2, 0.25) is 0 Å². The molecule has 1 aliphatic rings. The minimum atomic E-state index is -0.416. The van der Waals surface area contributed by atoms with Gasteiger partial charge in [0.25, 0.3) is 5.91 Å². The third-order valence-electron chi connectivity index (χ3n) is 5.06. The predicted molar refractivity (Wildman–Crippen MR) is 105 cm³/mol. The topological polar surface area (TPSA) is 43.9 Å². The molecule has 1 atom stereocenters. The molecule has 26 heavy (non-hydrogen) atoms. The second-order valence-corrected chi connectivity index (χ2v) is 6.61. The summed E-state index contributed by atoms with van der Waals surface area (Å²) in [5.41, 5.74) is 2.55. The number of hydrogen-bond acceptors (Lipinski definition) is 3. The number of para-hydroxylation sites is 1. The molecule has 0 radical (unpaired) electrons. The van der Waals surface area contributed by atoms with Gasteiger partial charge in [0, 0.05) is 44.1 Å². The summed E-state index contributed by atoms with van der Waals surface area (Å²) < 4.78 is 0. The molecule has 3 rings (SSSR count). The lowest BCUT2D eigenvalue weighted by atomic mass is 10.1. The first-order valence-corrected chi connectivity index (χ1v) is 8.97. The van der Waals surface area contributed by atoms with Gasteiger partial charge in [-0.05, 0) is 49.7 Å². The molecule has 0 spiro atoms. The van der Waals surface area contributed by atoms with Gasteiger partial charge in [0.2, 0.25) is 5.91 Å². The number of carbonyl (C=O) groups excluding carboxylic acids is 2. The number of hydrogen-bond donors (Lipinski definition) is 0. The largest absolute Gasteiger partial charge is 0.375 e. The van der Waals surface area contributed by atoms with Crippen molar-refractivity contribution in [1.29, 1.82) is 0 Å². The van der Waals surface area contributed by atoms with Gasteiger partial charge >= 0.3 is 0 Å². The van der Waals surface area contributed by atoms with E-state index in [0.29, 0.717) is 18.5 Å². The Morgan fingerprint density at radius 2 is 1.73 bits per heavy atom. The summed E-state index contributed by atoms with van der Waals surface area (Å²) in [6.07, 6.45) is 0.645. The van der Waals surface area contributed by atoms with Crippen LogP contribution in [0, 0.1) is 0 Å². The number of rotatable bonds is 5. The second kappa shape index (κ2) is 7.60. The van der Waals surface area contributed by atoms with Gasteiger partial charge in [0.15, 0.2) is 0 Å². The molecule has 1 fully saturated rings. The number of carbonyl (C=O) groups is 2. The molecule has 2 amide bonds. The van der Waals surface area contributed by atoms with Crippen LogP contribution in [0.15, 0.2) is 54.6 Å². The average Bonchev–Trinajstić information content (AvgIpc) is 3.08. The van der Waals surface area contributed by atoms with E-state index >= 15 is 0 Å². The van der Waals surface area contributed by atoms with E-state index in [1.54, 1.807) is 16.8 Å². The molecule has 1 heterocycles. The van der Waals surface area contributed by atoms with Gasteiger partial charge in [-0.2, -0.15) is 0 Å². The van der Waals surface area contributed by atoms with E-state index in [-0.39, 0.29) is 11.8 Å². The molecule has 0 aliphatic carbocycles. The van der Waals surface area contributed by atoms with Crippen molar-refractivity contribution in [3.63, 3.8) is 0 Å². The van der Waals surface area contributed by atoms with Crippen LogP contribution >= 0.6 is 0 Å². The Hall–Kier alpha value is -2.82. The number of likely N-dealkylation sites (N-methyl/N-ethyl adjacent to an activating group) is 1. The highest BCUT2D eigenvalue weighted by Crippen LogP contribution is 2.25. The summed E-state index contributed by atoms with van der Waals surface area (Å²) in [6, 6.07) is 16.7. The first kappa shape index (κ1) is 18.0. The van der Waals surface area contributed by atoms with E-state index in [9.17, 15) is 9.59 Å². The van der Waals surface area contributed by atoms with Crippen LogP contribution in [0.3, 0.4) is 0 Å². The number of benzene rings is 2. The Morgan fingerprint density at radius 3 is 2.35 bits per heavy atom. The summed E-state index contributed by atoms with van der Waals surface area (Å²) in [7, 11) is 3.73. The highest BCUT2D eigenvalue weighted by atomic mass is 16.2. The molecular weight excluding hydrogens is 326 g/mol. The van der Waals surface area contributed by atoms with Crippen LogP contribution < -0.4 is 9.80 Å². The Kier molecular flexibility index (Phi) is 5.26. The zero-order chi connectivity index (χ0) is 18.7. The highest BCUT2D eigenvalue weighted by molar-refractivity contribution is 6.03. The summed E-state index contributed by atoms with van der Waals surface area (Å²) >= 11 is 0. The van der Waals surface area contributed by atoms with E-state index in [1.807, 2.05) is 61.6 Å². The van der Waals surface area contributed by atoms with Gasteiger partial charge in [-0.3, -0.25) is 9.59 Å². The van der Waals surface area contributed by atoms with Gasteiger partial charge in [-0.1, -0.05) is 18.2 Å². The minimum absolute atomic E-state index is 0.0191. The number of anilines is 2. The lowest BCUT2D eigenvalue weighted by Crippen LogP contribution is -2.43. The lowest BCUT2D eigenvalue weighted by Gasteiger charge is -2.24. The third-order valence-corrected chi connectivity index (χ3v) is 5.06. The van der Waals surface area contributed by atoms with Crippen molar-refractivity contribution >= 4 is 23.2 Å². The van der Waals surface area contributed by atoms with Crippen LogP contribution in [0.5, 0.6) is 0 Å². The van der Waals surface area contributed by atoms with Crippen LogP contribution in [0.4, 0.5) is 11.4 Å². The fourth-order valence-corrected chi connectivity index (χ4v) is 3.27. The molecule has 136 valence electrons.